The summed E-state index contributed by atoms with van der Waals surface area (Å²) in [7, 11) is 0. The van der Waals surface area contributed by atoms with E-state index in [9.17, 15) is 10.2 Å². The first-order chi connectivity index (χ1) is 14.5. The van der Waals surface area contributed by atoms with Crippen molar-refractivity contribution in [3.63, 3.8) is 0 Å². The summed E-state index contributed by atoms with van der Waals surface area (Å²) in [5.41, 5.74) is 7.44. The molecule has 0 atom stereocenters. The van der Waals surface area contributed by atoms with E-state index < -0.39 is 0 Å². The summed E-state index contributed by atoms with van der Waals surface area (Å²) in [5.74, 6) is 2.02. The molecule has 0 aliphatic heterocycles. The molecule has 4 rings (SSSR count). The highest BCUT2D eigenvalue weighted by Crippen LogP contribution is 2.40. The van der Waals surface area contributed by atoms with Gasteiger partial charge in [-0.3, -0.25) is 0 Å². The largest absolute Gasteiger partial charge is 0.508 e. The molecule has 0 radical (unpaired) electrons. The van der Waals surface area contributed by atoms with Crippen molar-refractivity contribution in [3.8, 4) is 11.5 Å². The topological polar surface area (TPSA) is 40.5 Å². The van der Waals surface area contributed by atoms with E-state index in [1.54, 1.807) is 0 Å². The summed E-state index contributed by atoms with van der Waals surface area (Å²) in [5, 5.41) is 21.2. The smallest absolute Gasteiger partial charge is 0.119 e. The Labute approximate surface area is 182 Å². The molecular formula is C28H38O2. The predicted octanol–water partition coefficient (Wildman–Crippen LogP) is 7.60. The van der Waals surface area contributed by atoms with Gasteiger partial charge in [-0.2, -0.15) is 0 Å². The van der Waals surface area contributed by atoms with Gasteiger partial charge in [0.15, 0.2) is 0 Å². The number of hydrogen-bond donors (Lipinski definition) is 2. The lowest BCUT2D eigenvalue weighted by atomic mass is 9.81. The van der Waals surface area contributed by atoms with Gasteiger partial charge in [-0.15, -0.1) is 0 Å². The Bertz CT molecular complexity index is 797. The van der Waals surface area contributed by atoms with Crippen molar-refractivity contribution in [2.24, 2.45) is 0 Å². The molecular weight excluding hydrogens is 368 g/mol. The van der Waals surface area contributed by atoms with Gasteiger partial charge < -0.3 is 10.2 Å². The molecule has 2 nitrogen and oxygen atoms in total. The Morgan fingerprint density at radius 2 is 0.967 bits per heavy atom. The average molecular weight is 407 g/mol. The van der Waals surface area contributed by atoms with E-state index in [1.165, 1.54) is 97.6 Å². The van der Waals surface area contributed by atoms with Crippen LogP contribution in [-0.2, 0) is 12.8 Å². The molecule has 0 saturated heterocycles. The van der Waals surface area contributed by atoms with Crippen molar-refractivity contribution >= 4 is 0 Å². The normalized spacial score (nSPS) is 18.6. The number of aromatic hydroxyl groups is 2. The van der Waals surface area contributed by atoms with Gasteiger partial charge in [0, 0.05) is 0 Å². The van der Waals surface area contributed by atoms with Crippen LogP contribution >= 0.6 is 0 Å². The molecule has 2 aliphatic rings. The van der Waals surface area contributed by atoms with E-state index in [4.69, 9.17) is 0 Å². The van der Waals surface area contributed by atoms with Crippen molar-refractivity contribution in [2.45, 2.75) is 103 Å². The number of phenols is 2. The van der Waals surface area contributed by atoms with Crippen molar-refractivity contribution in [1.82, 2.24) is 0 Å². The fourth-order valence-corrected chi connectivity index (χ4v) is 5.80. The lowest BCUT2D eigenvalue weighted by Gasteiger charge is -2.25. The summed E-state index contributed by atoms with van der Waals surface area (Å²) in [6.07, 6.45) is 14.6. The van der Waals surface area contributed by atoms with E-state index in [2.05, 4.69) is 26.0 Å². The van der Waals surface area contributed by atoms with Gasteiger partial charge in [0.25, 0.3) is 0 Å². The number of phenolic OH excluding ortho intramolecular Hbond substituents is 2. The van der Waals surface area contributed by atoms with Crippen LogP contribution in [-0.4, -0.2) is 10.2 Å². The van der Waals surface area contributed by atoms with Crippen LogP contribution in [0.25, 0.3) is 0 Å². The van der Waals surface area contributed by atoms with Crippen molar-refractivity contribution in [2.75, 3.05) is 0 Å². The molecule has 2 aliphatic carbocycles. The van der Waals surface area contributed by atoms with Crippen LogP contribution in [0.3, 0.4) is 0 Å². The van der Waals surface area contributed by atoms with Gasteiger partial charge in [0.1, 0.15) is 11.5 Å². The molecule has 2 fully saturated rings. The van der Waals surface area contributed by atoms with E-state index >= 15 is 0 Å². The van der Waals surface area contributed by atoms with Crippen LogP contribution in [0.5, 0.6) is 11.5 Å². The minimum Gasteiger partial charge on any atom is -0.508 e. The summed E-state index contributed by atoms with van der Waals surface area (Å²) in [4.78, 5) is 0. The Kier molecular flexibility index (Phi) is 6.71. The van der Waals surface area contributed by atoms with Crippen molar-refractivity contribution < 1.29 is 10.2 Å². The highest BCUT2D eigenvalue weighted by molar-refractivity contribution is 5.46. The molecule has 0 aromatic heterocycles. The van der Waals surface area contributed by atoms with E-state index in [1.807, 2.05) is 12.1 Å². The molecule has 2 aromatic carbocycles. The lowest BCUT2D eigenvalue weighted by molar-refractivity contribution is 0.413. The van der Waals surface area contributed by atoms with Crippen LogP contribution in [0.1, 0.15) is 109 Å². The zero-order valence-corrected chi connectivity index (χ0v) is 18.8. The van der Waals surface area contributed by atoms with Gasteiger partial charge >= 0.3 is 0 Å². The molecule has 0 amide bonds. The molecule has 2 aromatic rings. The van der Waals surface area contributed by atoms with Crippen LogP contribution in [0.4, 0.5) is 0 Å². The first-order valence-electron chi connectivity index (χ1n) is 12.2. The molecule has 162 valence electrons. The van der Waals surface area contributed by atoms with Gasteiger partial charge in [-0.1, -0.05) is 50.7 Å². The maximum atomic E-state index is 10.6. The molecule has 0 unspecified atom stereocenters. The second kappa shape index (κ2) is 9.45. The molecule has 30 heavy (non-hydrogen) atoms. The maximum absolute atomic E-state index is 10.6. The highest BCUT2D eigenvalue weighted by Gasteiger charge is 2.21. The number of aryl methyl sites for hydroxylation is 4. The van der Waals surface area contributed by atoms with Crippen molar-refractivity contribution in [3.05, 3.63) is 57.6 Å². The second-order valence-electron chi connectivity index (χ2n) is 9.84. The zero-order chi connectivity index (χ0) is 21.1. The minimum atomic E-state index is 0.489. The number of rotatable bonds is 5. The zero-order valence-electron chi connectivity index (χ0n) is 18.8. The standard InChI is InChI=1S/C28H38O2/c1-19-15-27(29)25(21-9-5-3-6-10-21)17-23(19)13-14-24-18-26(28(30)16-20(24)2)22-11-7-4-8-12-22/h15-18,21-22,29-30H,3-14H2,1-2H3. The Morgan fingerprint density at radius 1 is 0.600 bits per heavy atom. The Morgan fingerprint density at radius 3 is 1.33 bits per heavy atom. The van der Waals surface area contributed by atoms with Gasteiger partial charge in [0.2, 0.25) is 0 Å². The fourth-order valence-electron chi connectivity index (χ4n) is 5.80. The third-order valence-corrected chi connectivity index (χ3v) is 7.72. The highest BCUT2D eigenvalue weighted by atomic mass is 16.3. The monoisotopic (exact) mass is 406 g/mol. The Hall–Kier alpha value is -1.96. The quantitative estimate of drug-likeness (QED) is 0.537. The maximum Gasteiger partial charge on any atom is 0.119 e. The molecule has 0 heterocycles. The van der Waals surface area contributed by atoms with Crippen LogP contribution in [0.15, 0.2) is 24.3 Å². The first-order valence-corrected chi connectivity index (χ1v) is 12.2. The van der Waals surface area contributed by atoms with E-state index in [0.29, 0.717) is 23.3 Å². The van der Waals surface area contributed by atoms with Crippen molar-refractivity contribution in [1.29, 1.82) is 0 Å². The number of benzene rings is 2. The lowest BCUT2D eigenvalue weighted by Crippen LogP contribution is -2.07. The van der Waals surface area contributed by atoms with Crippen LogP contribution in [0, 0.1) is 13.8 Å². The summed E-state index contributed by atoms with van der Waals surface area (Å²) < 4.78 is 0. The molecule has 2 heteroatoms. The molecule has 0 bridgehead atoms. The van der Waals surface area contributed by atoms with Crippen LogP contribution < -0.4 is 0 Å². The second-order valence-corrected chi connectivity index (χ2v) is 9.84. The third kappa shape index (κ3) is 4.68. The summed E-state index contributed by atoms with van der Waals surface area (Å²) in [6.45, 7) is 4.24. The molecule has 2 N–H and O–H groups in total. The first kappa shape index (κ1) is 21.3. The Balaban J connectivity index is 1.54. The summed E-state index contributed by atoms with van der Waals surface area (Å²) >= 11 is 0. The third-order valence-electron chi connectivity index (χ3n) is 7.72. The van der Waals surface area contributed by atoms with Gasteiger partial charge in [-0.05, 0) is 110 Å². The molecule has 2 saturated carbocycles. The van der Waals surface area contributed by atoms with E-state index in [0.717, 1.165) is 12.8 Å². The number of hydrogen-bond acceptors (Lipinski definition) is 2. The van der Waals surface area contributed by atoms with E-state index in [-0.39, 0.29) is 0 Å². The van der Waals surface area contributed by atoms with Crippen LogP contribution in [0.2, 0.25) is 0 Å². The minimum absolute atomic E-state index is 0.489. The average Bonchev–Trinajstić information content (AvgIpc) is 2.75. The summed E-state index contributed by atoms with van der Waals surface area (Å²) in [6, 6.07) is 8.55. The predicted molar refractivity (Wildman–Crippen MR) is 125 cm³/mol. The van der Waals surface area contributed by atoms with Gasteiger partial charge in [0.05, 0.1) is 0 Å². The SMILES string of the molecule is Cc1cc(O)c(C2CCCCC2)cc1CCc1cc(C2CCCCC2)c(O)cc1C. The molecule has 0 spiro atoms. The van der Waals surface area contributed by atoms with Gasteiger partial charge in [-0.25, -0.2) is 0 Å². The fraction of sp³-hybridized carbons (Fsp3) is 0.571.